The Kier molecular flexibility index (Phi) is 6.19. The molecule has 0 aliphatic heterocycles. The molecular formula is C23H20Cl3N5. The van der Waals surface area contributed by atoms with E-state index in [2.05, 4.69) is 45.5 Å². The number of hydrogen-bond acceptors (Lipinski definition) is 4. The number of aromatic nitrogens is 4. The standard InChI is InChI=1S/C23H20Cl3N5/c1-13(15-5-4-6-16(9-15)17-11-27-31(3)12-17)28-21-10-20(29-14(2)30-21)18-7-8-19(24)23(26)22(18)25/h4-13H,1-3H3,(H,28,29,30)/t13-/m0/s1. The van der Waals surface area contributed by atoms with E-state index in [1.165, 1.54) is 0 Å². The molecule has 1 atom stereocenters. The minimum absolute atomic E-state index is 0.0167. The van der Waals surface area contributed by atoms with Gasteiger partial charge in [0.2, 0.25) is 0 Å². The number of benzene rings is 2. The van der Waals surface area contributed by atoms with Crippen molar-refractivity contribution in [2.75, 3.05) is 5.32 Å². The number of aryl methyl sites for hydroxylation is 2. The molecule has 0 spiro atoms. The molecule has 0 saturated carbocycles. The van der Waals surface area contributed by atoms with Crippen molar-refractivity contribution in [1.29, 1.82) is 0 Å². The van der Waals surface area contributed by atoms with Crippen molar-refractivity contribution in [2.45, 2.75) is 19.9 Å². The molecule has 8 heteroatoms. The van der Waals surface area contributed by atoms with Crippen LogP contribution in [0.5, 0.6) is 0 Å². The molecule has 4 rings (SSSR count). The maximum absolute atomic E-state index is 6.41. The van der Waals surface area contributed by atoms with E-state index < -0.39 is 0 Å². The molecule has 0 aliphatic rings. The van der Waals surface area contributed by atoms with Gasteiger partial charge in [-0.3, -0.25) is 4.68 Å². The molecule has 0 radical (unpaired) electrons. The van der Waals surface area contributed by atoms with Crippen molar-refractivity contribution < 1.29 is 0 Å². The summed E-state index contributed by atoms with van der Waals surface area (Å²) in [5.74, 6) is 1.32. The normalized spacial score (nSPS) is 12.1. The van der Waals surface area contributed by atoms with Crippen LogP contribution in [0.15, 0.2) is 54.9 Å². The van der Waals surface area contributed by atoms with Gasteiger partial charge < -0.3 is 5.32 Å². The number of rotatable bonds is 5. The Morgan fingerprint density at radius 2 is 1.77 bits per heavy atom. The molecule has 0 fully saturated rings. The maximum Gasteiger partial charge on any atom is 0.130 e. The fraction of sp³-hybridized carbons (Fsp3) is 0.174. The van der Waals surface area contributed by atoms with Gasteiger partial charge in [-0.25, -0.2) is 9.97 Å². The van der Waals surface area contributed by atoms with Crippen LogP contribution in [0.2, 0.25) is 15.1 Å². The van der Waals surface area contributed by atoms with E-state index in [-0.39, 0.29) is 6.04 Å². The highest BCUT2D eigenvalue weighted by molar-refractivity contribution is 6.49. The Bertz CT molecular complexity index is 1250. The summed E-state index contributed by atoms with van der Waals surface area (Å²) in [6.45, 7) is 3.93. The van der Waals surface area contributed by atoms with E-state index in [0.29, 0.717) is 38.0 Å². The summed E-state index contributed by atoms with van der Waals surface area (Å²) in [5, 5.41) is 8.81. The van der Waals surface area contributed by atoms with Gasteiger partial charge in [0.05, 0.1) is 27.0 Å². The lowest BCUT2D eigenvalue weighted by molar-refractivity contribution is 0.768. The summed E-state index contributed by atoms with van der Waals surface area (Å²) in [5.41, 5.74) is 4.70. The Morgan fingerprint density at radius 1 is 0.968 bits per heavy atom. The second-order valence-corrected chi connectivity index (χ2v) is 8.47. The topological polar surface area (TPSA) is 55.6 Å². The van der Waals surface area contributed by atoms with Crippen molar-refractivity contribution in [2.24, 2.45) is 7.05 Å². The quantitative estimate of drug-likeness (QED) is 0.318. The van der Waals surface area contributed by atoms with Crippen LogP contribution in [0.4, 0.5) is 5.82 Å². The summed E-state index contributed by atoms with van der Waals surface area (Å²) >= 11 is 18.7. The first-order chi connectivity index (χ1) is 14.8. The van der Waals surface area contributed by atoms with Gasteiger partial charge in [0.1, 0.15) is 11.6 Å². The van der Waals surface area contributed by atoms with Crippen LogP contribution in [0, 0.1) is 6.92 Å². The van der Waals surface area contributed by atoms with Crippen LogP contribution < -0.4 is 5.32 Å². The lowest BCUT2D eigenvalue weighted by Crippen LogP contribution is -2.09. The predicted octanol–water partition coefficient (Wildman–Crippen LogP) is 6.99. The average molecular weight is 473 g/mol. The van der Waals surface area contributed by atoms with Gasteiger partial charge in [-0.15, -0.1) is 0 Å². The van der Waals surface area contributed by atoms with E-state index >= 15 is 0 Å². The van der Waals surface area contributed by atoms with E-state index in [0.717, 1.165) is 16.7 Å². The molecule has 0 aliphatic carbocycles. The number of halogens is 3. The molecule has 4 aromatic rings. The average Bonchev–Trinajstić information content (AvgIpc) is 3.18. The van der Waals surface area contributed by atoms with Gasteiger partial charge >= 0.3 is 0 Å². The van der Waals surface area contributed by atoms with Gasteiger partial charge in [-0.2, -0.15) is 5.10 Å². The van der Waals surface area contributed by atoms with Crippen LogP contribution in [0.25, 0.3) is 22.4 Å². The monoisotopic (exact) mass is 471 g/mol. The SMILES string of the molecule is Cc1nc(N[C@@H](C)c2cccc(-c3cnn(C)c3)c2)cc(-c2ccc(Cl)c(Cl)c2Cl)n1. The highest BCUT2D eigenvalue weighted by atomic mass is 35.5. The second-order valence-electron chi connectivity index (χ2n) is 7.30. The summed E-state index contributed by atoms with van der Waals surface area (Å²) < 4.78 is 1.79. The van der Waals surface area contributed by atoms with Crippen molar-refractivity contribution in [3.05, 3.63) is 81.3 Å². The Hall–Kier alpha value is -2.60. The van der Waals surface area contributed by atoms with Crippen molar-refractivity contribution in [3.8, 4) is 22.4 Å². The highest BCUT2D eigenvalue weighted by Gasteiger charge is 2.15. The maximum atomic E-state index is 6.41. The molecule has 158 valence electrons. The Morgan fingerprint density at radius 3 is 2.52 bits per heavy atom. The number of nitrogens with zero attached hydrogens (tertiary/aromatic N) is 4. The number of hydrogen-bond donors (Lipinski definition) is 1. The van der Waals surface area contributed by atoms with E-state index in [9.17, 15) is 0 Å². The molecule has 0 bridgehead atoms. The van der Waals surface area contributed by atoms with Gasteiger partial charge in [0.15, 0.2) is 0 Å². The molecule has 0 unspecified atom stereocenters. The largest absolute Gasteiger partial charge is 0.363 e. The van der Waals surface area contributed by atoms with Crippen LogP contribution >= 0.6 is 34.8 Å². The van der Waals surface area contributed by atoms with Crippen LogP contribution in [0.3, 0.4) is 0 Å². The lowest BCUT2D eigenvalue weighted by Gasteiger charge is -2.17. The minimum Gasteiger partial charge on any atom is -0.363 e. The van der Waals surface area contributed by atoms with Crippen LogP contribution in [0.1, 0.15) is 24.4 Å². The van der Waals surface area contributed by atoms with Gasteiger partial charge in [-0.1, -0.05) is 53.0 Å². The Balaban J connectivity index is 1.62. The zero-order chi connectivity index (χ0) is 22.1. The molecule has 2 heterocycles. The summed E-state index contributed by atoms with van der Waals surface area (Å²) in [6, 6.07) is 13.8. The number of nitrogens with one attached hydrogen (secondary N) is 1. The fourth-order valence-electron chi connectivity index (χ4n) is 3.37. The molecule has 0 amide bonds. The minimum atomic E-state index is 0.0167. The first-order valence-electron chi connectivity index (χ1n) is 9.67. The van der Waals surface area contributed by atoms with Gasteiger partial charge in [-0.05, 0) is 43.2 Å². The zero-order valence-corrected chi connectivity index (χ0v) is 19.5. The second kappa shape index (κ2) is 8.87. The third-order valence-electron chi connectivity index (χ3n) is 4.94. The third-order valence-corrected chi connectivity index (χ3v) is 6.23. The zero-order valence-electron chi connectivity index (χ0n) is 17.2. The van der Waals surface area contributed by atoms with Crippen molar-refractivity contribution in [3.63, 3.8) is 0 Å². The molecule has 31 heavy (non-hydrogen) atoms. The molecule has 0 saturated heterocycles. The highest BCUT2D eigenvalue weighted by Crippen LogP contribution is 2.38. The lowest BCUT2D eigenvalue weighted by atomic mass is 10.0. The van der Waals surface area contributed by atoms with Gasteiger partial charge in [0, 0.05) is 36.5 Å². The van der Waals surface area contributed by atoms with E-state index in [4.69, 9.17) is 34.8 Å². The molecular weight excluding hydrogens is 453 g/mol. The summed E-state index contributed by atoms with van der Waals surface area (Å²) in [7, 11) is 1.91. The number of anilines is 1. The van der Waals surface area contributed by atoms with Crippen molar-refractivity contribution in [1.82, 2.24) is 19.7 Å². The third kappa shape index (κ3) is 4.69. The predicted molar refractivity (Wildman–Crippen MR) is 128 cm³/mol. The Labute approximate surface area is 196 Å². The molecule has 2 aromatic carbocycles. The van der Waals surface area contributed by atoms with Gasteiger partial charge in [0.25, 0.3) is 0 Å². The van der Waals surface area contributed by atoms with Crippen LogP contribution in [-0.2, 0) is 7.05 Å². The van der Waals surface area contributed by atoms with Crippen molar-refractivity contribution >= 4 is 40.6 Å². The van der Waals surface area contributed by atoms with E-state index in [1.807, 2.05) is 44.6 Å². The molecule has 1 N–H and O–H groups in total. The molecule has 2 aromatic heterocycles. The summed E-state index contributed by atoms with van der Waals surface area (Å²) in [4.78, 5) is 9.07. The summed E-state index contributed by atoms with van der Waals surface area (Å²) in [6.07, 6.45) is 3.86. The van der Waals surface area contributed by atoms with E-state index in [1.54, 1.807) is 10.7 Å². The van der Waals surface area contributed by atoms with Crippen LogP contribution in [-0.4, -0.2) is 19.7 Å². The first kappa shape index (κ1) is 21.6. The first-order valence-corrected chi connectivity index (χ1v) is 10.8. The smallest absolute Gasteiger partial charge is 0.130 e. The fourth-order valence-corrected chi connectivity index (χ4v) is 4.00. The molecule has 5 nitrogen and oxygen atoms in total.